The Labute approximate surface area is 157 Å². The van der Waals surface area contributed by atoms with Gasteiger partial charge in [0.1, 0.15) is 0 Å². The molecule has 0 aliphatic rings. The van der Waals surface area contributed by atoms with Crippen LogP contribution in [0.5, 0.6) is 0 Å². The minimum absolute atomic E-state index is 0.0714. The Morgan fingerprint density at radius 3 is 2.69 bits per heavy atom. The Morgan fingerprint density at radius 1 is 1.31 bits per heavy atom. The predicted molar refractivity (Wildman–Crippen MR) is 103 cm³/mol. The van der Waals surface area contributed by atoms with Gasteiger partial charge < -0.3 is 14.6 Å². The van der Waals surface area contributed by atoms with E-state index in [1.165, 1.54) is 18.4 Å². The molecule has 0 bridgehead atoms. The number of halogens is 1. The van der Waals surface area contributed by atoms with Crippen LogP contribution in [0, 0.1) is 5.82 Å². The molecule has 1 aromatic carbocycles. The van der Waals surface area contributed by atoms with Crippen molar-refractivity contribution in [1.29, 1.82) is 0 Å². The molecular weight excluding hydrogens is 355 g/mol. The van der Waals surface area contributed by atoms with Gasteiger partial charge in [-0.25, -0.2) is 4.39 Å². The molecule has 5 nitrogen and oxygen atoms in total. The molecule has 0 aliphatic carbocycles. The number of thioether (sulfide) groups is 1. The summed E-state index contributed by atoms with van der Waals surface area (Å²) >= 11 is 1.65. The second-order valence-electron chi connectivity index (χ2n) is 6.25. The van der Waals surface area contributed by atoms with Crippen LogP contribution in [0.2, 0.25) is 0 Å². The maximum absolute atomic E-state index is 13.7. The van der Waals surface area contributed by atoms with E-state index in [0.717, 1.165) is 0 Å². The second kappa shape index (κ2) is 9.07. The molecule has 0 aliphatic heterocycles. The number of nitrogens with one attached hydrogen (secondary N) is 1. The fourth-order valence-electron chi connectivity index (χ4n) is 2.85. The van der Waals surface area contributed by atoms with E-state index < -0.39 is 5.82 Å². The highest BCUT2D eigenvalue weighted by atomic mass is 32.2. The van der Waals surface area contributed by atoms with E-state index in [0.29, 0.717) is 30.5 Å². The van der Waals surface area contributed by atoms with Gasteiger partial charge in [-0.2, -0.15) is 11.8 Å². The molecule has 1 unspecified atom stereocenters. The van der Waals surface area contributed by atoms with E-state index in [9.17, 15) is 14.0 Å². The minimum atomic E-state index is -0.499. The lowest BCUT2D eigenvalue weighted by molar-refractivity contribution is -0.132. The van der Waals surface area contributed by atoms with E-state index in [1.54, 1.807) is 22.7 Å². The zero-order valence-corrected chi connectivity index (χ0v) is 16.4. The quantitative estimate of drug-likeness (QED) is 0.759. The standard InChI is InChI=1S/C19H25FN2O3S/c1-5-22(17(23)10-13(3)26-4)12(2)11-21-19(24)15-6-7-16(20)18-14(15)8-9-25-18/h6-9,12-13H,5,10-11H2,1-4H3,(H,21,24)/t12-,13?/m1/s1. The first kappa shape index (κ1) is 20.3. The molecule has 7 heteroatoms. The maximum Gasteiger partial charge on any atom is 0.252 e. The van der Waals surface area contributed by atoms with Gasteiger partial charge in [-0.3, -0.25) is 9.59 Å². The van der Waals surface area contributed by atoms with Crippen molar-refractivity contribution in [1.82, 2.24) is 10.2 Å². The Hall–Kier alpha value is -2.02. The Balaban J connectivity index is 2.02. The first-order valence-corrected chi connectivity index (χ1v) is 9.94. The number of benzene rings is 1. The largest absolute Gasteiger partial charge is 0.461 e. The van der Waals surface area contributed by atoms with Gasteiger partial charge in [0.15, 0.2) is 11.4 Å². The van der Waals surface area contributed by atoms with Gasteiger partial charge in [-0.05, 0) is 38.3 Å². The normalized spacial score (nSPS) is 13.4. The van der Waals surface area contributed by atoms with Crippen LogP contribution < -0.4 is 5.32 Å². The summed E-state index contributed by atoms with van der Waals surface area (Å²) in [6, 6.07) is 4.10. The van der Waals surface area contributed by atoms with Crippen LogP contribution in [0.25, 0.3) is 11.0 Å². The highest BCUT2D eigenvalue weighted by Gasteiger charge is 2.21. The van der Waals surface area contributed by atoms with Gasteiger partial charge in [0.25, 0.3) is 5.91 Å². The molecule has 0 saturated heterocycles. The van der Waals surface area contributed by atoms with Gasteiger partial charge in [0.05, 0.1) is 11.8 Å². The fourth-order valence-corrected chi connectivity index (χ4v) is 3.16. The van der Waals surface area contributed by atoms with Crippen molar-refractivity contribution in [2.75, 3.05) is 19.3 Å². The smallest absolute Gasteiger partial charge is 0.252 e. The summed E-state index contributed by atoms with van der Waals surface area (Å²) in [6.45, 7) is 6.76. The topological polar surface area (TPSA) is 62.6 Å². The van der Waals surface area contributed by atoms with Gasteiger partial charge in [0, 0.05) is 36.2 Å². The van der Waals surface area contributed by atoms with Crippen LogP contribution in [0.15, 0.2) is 28.9 Å². The van der Waals surface area contributed by atoms with Crippen molar-refractivity contribution in [2.45, 2.75) is 38.5 Å². The number of likely N-dealkylation sites (N-methyl/N-ethyl adjacent to an activating group) is 1. The first-order chi connectivity index (χ1) is 12.4. The third kappa shape index (κ3) is 4.58. The molecule has 2 atom stereocenters. The molecule has 2 rings (SSSR count). The highest BCUT2D eigenvalue weighted by Crippen LogP contribution is 2.23. The summed E-state index contributed by atoms with van der Waals surface area (Å²) in [5.74, 6) is -0.736. The monoisotopic (exact) mass is 380 g/mol. The van der Waals surface area contributed by atoms with E-state index in [2.05, 4.69) is 5.32 Å². The number of amides is 2. The lowest BCUT2D eigenvalue weighted by Crippen LogP contribution is -2.45. The number of rotatable bonds is 8. The van der Waals surface area contributed by atoms with Crippen LogP contribution in [0.1, 0.15) is 37.6 Å². The Kier molecular flexibility index (Phi) is 7.08. The molecule has 2 amide bonds. The molecule has 1 aromatic heterocycles. The number of carbonyl (C=O) groups is 2. The van der Waals surface area contributed by atoms with Crippen LogP contribution in [0.4, 0.5) is 4.39 Å². The van der Waals surface area contributed by atoms with Crippen LogP contribution >= 0.6 is 11.8 Å². The lowest BCUT2D eigenvalue weighted by atomic mass is 10.1. The molecule has 0 fully saturated rings. The van der Waals surface area contributed by atoms with E-state index in [1.807, 2.05) is 27.0 Å². The van der Waals surface area contributed by atoms with Gasteiger partial charge >= 0.3 is 0 Å². The Bertz CT molecular complexity index is 777. The van der Waals surface area contributed by atoms with Gasteiger partial charge in [-0.15, -0.1) is 0 Å². The van der Waals surface area contributed by atoms with E-state index in [-0.39, 0.29) is 28.7 Å². The molecule has 0 spiro atoms. The Morgan fingerprint density at radius 2 is 2.04 bits per heavy atom. The number of furan rings is 1. The number of hydrogen-bond acceptors (Lipinski definition) is 4. The number of hydrogen-bond donors (Lipinski definition) is 1. The third-order valence-corrected chi connectivity index (χ3v) is 5.40. The SMILES string of the molecule is CCN(C(=O)CC(C)SC)[C@H](C)CNC(=O)c1ccc(F)c2occc12. The molecule has 0 saturated carbocycles. The molecule has 2 aromatic rings. The van der Waals surface area contributed by atoms with Crippen molar-refractivity contribution in [3.8, 4) is 0 Å². The summed E-state index contributed by atoms with van der Waals surface area (Å²) in [4.78, 5) is 26.7. The molecular formula is C19H25FN2O3S. The minimum Gasteiger partial charge on any atom is -0.461 e. The van der Waals surface area contributed by atoms with Gasteiger partial charge in [0.2, 0.25) is 5.91 Å². The van der Waals surface area contributed by atoms with E-state index >= 15 is 0 Å². The zero-order chi connectivity index (χ0) is 19.3. The summed E-state index contributed by atoms with van der Waals surface area (Å²) in [6.07, 6.45) is 3.82. The molecule has 1 heterocycles. The number of nitrogens with zero attached hydrogens (tertiary/aromatic N) is 1. The van der Waals surface area contributed by atoms with Crippen molar-refractivity contribution in [3.63, 3.8) is 0 Å². The van der Waals surface area contributed by atoms with Crippen LogP contribution in [0.3, 0.4) is 0 Å². The van der Waals surface area contributed by atoms with Crippen molar-refractivity contribution >= 4 is 34.5 Å². The molecule has 1 N–H and O–H groups in total. The number of carbonyl (C=O) groups excluding carboxylic acids is 2. The predicted octanol–water partition coefficient (Wildman–Crippen LogP) is 3.68. The molecule has 142 valence electrons. The fraction of sp³-hybridized carbons (Fsp3) is 0.474. The van der Waals surface area contributed by atoms with Crippen LogP contribution in [-0.2, 0) is 4.79 Å². The zero-order valence-electron chi connectivity index (χ0n) is 15.5. The summed E-state index contributed by atoms with van der Waals surface area (Å²) in [5.41, 5.74) is 0.426. The maximum atomic E-state index is 13.7. The first-order valence-electron chi connectivity index (χ1n) is 8.65. The molecule has 0 radical (unpaired) electrons. The van der Waals surface area contributed by atoms with Crippen molar-refractivity contribution in [2.24, 2.45) is 0 Å². The number of fused-ring (bicyclic) bond motifs is 1. The van der Waals surface area contributed by atoms with Crippen molar-refractivity contribution in [3.05, 3.63) is 35.8 Å². The van der Waals surface area contributed by atoms with Gasteiger partial charge in [-0.1, -0.05) is 6.92 Å². The average Bonchev–Trinajstić information content (AvgIpc) is 3.11. The molecule has 26 heavy (non-hydrogen) atoms. The summed E-state index contributed by atoms with van der Waals surface area (Å²) in [7, 11) is 0. The van der Waals surface area contributed by atoms with E-state index in [4.69, 9.17) is 4.42 Å². The second-order valence-corrected chi connectivity index (χ2v) is 7.52. The average molecular weight is 380 g/mol. The summed E-state index contributed by atoms with van der Waals surface area (Å²) < 4.78 is 18.8. The van der Waals surface area contributed by atoms with Crippen LogP contribution in [-0.4, -0.2) is 47.4 Å². The van der Waals surface area contributed by atoms with Crippen molar-refractivity contribution < 1.29 is 18.4 Å². The highest BCUT2D eigenvalue weighted by molar-refractivity contribution is 7.99. The summed E-state index contributed by atoms with van der Waals surface area (Å²) in [5, 5.41) is 3.53. The lowest BCUT2D eigenvalue weighted by Gasteiger charge is -2.29. The third-order valence-electron chi connectivity index (χ3n) is 4.43.